The third-order valence-corrected chi connectivity index (χ3v) is 5.50. The van der Waals surface area contributed by atoms with Crippen molar-refractivity contribution in [1.29, 1.82) is 0 Å². The molecule has 3 heterocycles. The number of anilines is 2. The quantitative estimate of drug-likeness (QED) is 0.591. The number of nitrogens with zero attached hydrogens (tertiary/aromatic N) is 5. The minimum Gasteiger partial charge on any atom is -0.464 e. The van der Waals surface area contributed by atoms with Crippen molar-refractivity contribution in [3.8, 4) is 5.19 Å². The van der Waals surface area contributed by atoms with Crippen LogP contribution >= 0.6 is 22.9 Å². The van der Waals surface area contributed by atoms with E-state index in [4.69, 9.17) is 21.1 Å². The van der Waals surface area contributed by atoms with Gasteiger partial charge in [0.25, 0.3) is 11.1 Å². The number of hydrogen-bond acceptors (Lipinski definition) is 9. The Morgan fingerprint density at radius 3 is 2.77 bits per heavy atom. The standard InChI is InChI=1S/C19H19ClN6O3S/c1-28-16(12-5-3-2-4-6-12)17(27)21-18-24-25-19(30-18)29-13-9-10-26(11-13)15-8-7-14(20)22-23-15/h2-8,13,16H,9-11H2,1H3,(H,21,24,27)/t13-,16?/m1/s1. The Bertz CT molecular complexity index is 987. The van der Waals surface area contributed by atoms with E-state index in [1.54, 1.807) is 6.07 Å². The van der Waals surface area contributed by atoms with Gasteiger partial charge in [0, 0.05) is 20.1 Å². The Morgan fingerprint density at radius 1 is 1.20 bits per heavy atom. The normalized spacial score (nSPS) is 17.0. The van der Waals surface area contributed by atoms with E-state index in [0.717, 1.165) is 24.3 Å². The van der Waals surface area contributed by atoms with Crippen LogP contribution in [0, 0.1) is 0 Å². The van der Waals surface area contributed by atoms with Crippen LogP contribution in [-0.4, -0.2) is 52.6 Å². The van der Waals surface area contributed by atoms with Gasteiger partial charge in [-0.25, -0.2) is 0 Å². The van der Waals surface area contributed by atoms with Gasteiger partial charge in [-0.1, -0.05) is 47.0 Å². The van der Waals surface area contributed by atoms with Crippen molar-refractivity contribution < 1.29 is 14.3 Å². The topological polar surface area (TPSA) is 102 Å². The van der Waals surface area contributed by atoms with Gasteiger partial charge < -0.3 is 14.4 Å². The molecule has 1 fully saturated rings. The monoisotopic (exact) mass is 446 g/mol. The lowest BCUT2D eigenvalue weighted by Gasteiger charge is -2.16. The summed E-state index contributed by atoms with van der Waals surface area (Å²) in [5.41, 5.74) is 0.759. The molecule has 156 valence electrons. The van der Waals surface area contributed by atoms with Crippen molar-refractivity contribution >= 4 is 39.8 Å². The first-order valence-corrected chi connectivity index (χ1v) is 10.4. The maximum atomic E-state index is 12.6. The molecule has 3 aromatic rings. The van der Waals surface area contributed by atoms with Gasteiger partial charge in [-0.15, -0.1) is 15.3 Å². The van der Waals surface area contributed by atoms with Crippen molar-refractivity contribution in [3.63, 3.8) is 0 Å². The molecule has 0 saturated carbocycles. The summed E-state index contributed by atoms with van der Waals surface area (Å²) >= 11 is 6.96. The fourth-order valence-electron chi connectivity index (χ4n) is 3.15. The van der Waals surface area contributed by atoms with Crippen LogP contribution < -0.4 is 15.0 Å². The summed E-state index contributed by atoms with van der Waals surface area (Å²) in [6.45, 7) is 1.44. The number of carbonyl (C=O) groups is 1. The van der Waals surface area contributed by atoms with E-state index in [0.29, 0.717) is 22.0 Å². The molecule has 1 aliphatic rings. The molecule has 0 bridgehead atoms. The van der Waals surface area contributed by atoms with Crippen molar-refractivity contribution in [3.05, 3.63) is 53.2 Å². The van der Waals surface area contributed by atoms with Crippen LogP contribution in [-0.2, 0) is 9.53 Å². The molecule has 0 radical (unpaired) electrons. The molecule has 1 unspecified atom stereocenters. The lowest BCUT2D eigenvalue weighted by Crippen LogP contribution is -2.25. The SMILES string of the molecule is COC(C(=O)Nc1nnc(O[C@@H]2CCN(c3ccc(Cl)nn3)C2)s1)c1ccccc1. The zero-order valence-electron chi connectivity index (χ0n) is 16.1. The highest BCUT2D eigenvalue weighted by molar-refractivity contribution is 7.17. The smallest absolute Gasteiger partial charge is 0.296 e. The lowest BCUT2D eigenvalue weighted by atomic mass is 10.1. The average molecular weight is 447 g/mol. The molecule has 30 heavy (non-hydrogen) atoms. The first-order valence-electron chi connectivity index (χ1n) is 9.25. The van der Waals surface area contributed by atoms with Gasteiger partial charge in [-0.05, 0) is 29.0 Å². The average Bonchev–Trinajstić information content (AvgIpc) is 3.40. The fourth-order valence-corrected chi connectivity index (χ4v) is 3.92. The molecule has 2 aromatic heterocycles. The summed E-state index contributed by atoms with van der Waals surface area (Å²) in [4.78, 5) is 14.6. The first kappa shape index (κ1) is 20.5. The first-order chi connectivity index (χ1) is 14.6. The summed E-state index contributed by atoms with van der Waals surface area (Å²) in [6, 6.07) is 12.8. The number of hydrogen-bond donors (Lipinski definition) is 1. The van der Waals surface area contributed by atoms with Gasteiger partial charge in [0.2, 0.25) is 5.13 Å². The van der Waals surface area contributed by atoms with E-state index in [-0.39, 0.29) is 12.0 Å². The molecule has 1 amide bonds. The highest BCUT2D eigenvalue weighted by atomic mass is 35.5. The number of ether oxygens (including phenoxy) is 2. The maximum Gasteiger partial charge on any atom is 0.296 e. The molecule has 1 aromatic carbocycles. The van der Waals surface area contributed by atoms with Gasteiger partial charge in [-0.3, -0.25) is 10.1 Å². The summed E-state index contributed by atoms with van der Waals surface area (Å²) in [5, 5.41) is 19.8. The van der Waals surface area contributed by atoms with Crippen molar-refractivity contribution in [2.75, 3.05) is 30.4 Å². The van der Waals surface area contributed by atoms with Crippen LogP contribution in [0.25, 0.3) is 0 Å². The number of amides is 1. The molecule has 1 N–H and O–H groups in total. The number of halogens is 1. The zero-order chi connectivity index (χ0) is 20.9. The van der Waals surface area contributed by atoms with Crippen LogP contribution in [0.5, 0.6) is 5.19 Å². The summed E-state index contributed by atoms with van der Waals surface area (Å²) < 4.78 is 11.3. The van der Waals surface area contributed by atoms with Crippen molar-refractivity contribution in [2.24, 2.45) is 0 Å². The van der Waals surface area contributed by atoms with E-state index in [9.17, 15) is 4.79 Å². The molecule has 9 nitrogen and oxygen atoms in total. The van der Waals surface area contributed by atoms with Crippen molar-refractivity contribution in [1.82, 2.24) is 20.4 Å². The van der Waals surface area contributed by atoms with Gasteiger partial charge >= 0.3 is 0 Å². The third-order valence-electron chi connectivity index (χ3n) is 4.57. The predicted octanol–water partition coefficient (Wildman–Crippen LogP) is 2.97. The Labute approximate surface area is 182 Å². The summed E-state index contributed by atoms with van der Waals surface area (Å²) in [6.07, 6.45) is 0.0177. The number of benzene rings is 1. The van der Waals surface area contributed by atoms with Crippen LogP contribution in [0.2, 0.25) is 5.15 Å². The Kier molecular flexibility index (Phi) is 6.36. The largest absolute Gasteiger partial charge is 0.464 e. The van der Waals surface area contributed by atoms with E-state index in [1.807, 2.05) is 36.4 Å². The van der Waals surface area contributed by atoms with E-state index in [1.165, 1.54) is 18.4 Å². The fraction of sp³-hybridized carbons (Fsp3) is 0.316. The molecule has 11 heteroatoms. The van der Waals surface area contributed by atoms with E-state index >= 15 is 0 Å². The number of nitrogens with one attached hydrogen (secondary N) is 1. The van der Waals surface area contributed by atoms with E-state index < -0.39 is 6.10 Å². The highest BCUT2D eigenvalue weighted by Crippen LogP contribution is 2.28. The number of rotatable bonds is 7. The number of carbonyl (C=O) groups excluding carboxylic acids is 1. The molecule has 0 aliphatic carbocycles. The Hall–Kier alpha value is -2.82. The minimum atomic E-state index is -0.733. The Balaban J connectivity index is 1.33. The van der Waals surface area contributed by atoms with Gasteiger partial charge in [0.1, 0.15) is 6.10 Å². The van der Waals surface area contributed by atoms with Gasteiger partial charge in [0.15, 0.2) is 17.1 Å². The maximum absolute atomic E-state index is 12.6. The molecule has 1 aliphatic heterocycles. The van der Waals surface area contributed by atoms with Crippen LogP contribution in [0.3, 0.4) is 0 Å². The number of methoxy groups -OCH3 is 1. The Morgan fingerprint density at radius 2 is 2.03 bits per heavy atom. The number of aromatic nitrogens is 4. The second kappa shape index (κ2) is 9.33. The third kappa shape index (κ3) is 4.84. The minimum absolute atomic E-state index is 0.0602. The molecule has 1 saturated heterocycles. The highest BCUT2D eigenvalue weighted by Gasteiger charge is 2.27. The van der Waals surface area contributed by atoms with E-state index in [2.05, 4.69) is 30.6 Å². The summed E-state index contributed by atoms with van der Waals surface area (Å²) in [5.74, 6) is 0.432. The molecular weight excluding hydrogens is 428 g/mol. The van der Waals surface area contributed by atoms with Crippen LogP contribution in [0.4, 0.5) is 10.9 Å². The van der Waals surface area contributed by atoms with Crippen LogP contribution in [0.1, 0.15) is 18.1 Å². The molecule has 2 atom stereocenters. The molecular formula is C19H19ClN6O3S. The zero-order valence-corrected chi connectivity index (χ0v) is 17.6. The van der Waals surface area contributed by atoms with Gasteiger partial charge in [-0.2, -0.15) is 0 Å². The lowest BCUT2D eigenvalue weighted by molar-refractivity contribution is -0.126. The second-order valence-corrected chi connectivity index (χ2v) is 7.90. The van der Waals surface area contributed by atoms with Crippen LogP contribution in [0.15, 0.2) is 42.5 Å². The van der Waals surface area contributed by atoms with Gasteiger partial charge in [0.05, 0.1) is 6.54 Å². The molecule has 4 rings (SSSR count). The summed E-state index contributed by atoms with van der Waals surface area (Å²) in [7, 11) is 1.49. The van der Waals surface area contributed by atoms with Crippen molar-refractivity contribution in [2.45, 2.75) is 18.6 Å². The molecule has 0 spiro atoms. The predicted molar refractivity (Wildman–Crippen MR) is 113 cm³/mol. The second-order valence-electron chi connectivity index (χ2n) is 6.58.